The molecular formula is C28H28N4O4S. The van der Waals surface area contributed by atoms with Gasteiger partial charge in [0.1, 0.15) is 17.7 Å². The molecule has 4 aromatic rings. The second-order valence-electron chi connectivity index (χ2n) is 8.91. The van der Waals surface area contributed by atoms with Crippen molar-refractivity contribution in [1.29, 1.82) is 0 Å². The van der Waals surface area contributed by atoms with E-state index in [2.05, 4.69) is 26.1 Å². The highest BCUT2D eigenvalue weighted by Crippen LogP contribution is 2.32. The van der Waals surface area contributed by atoms with Crippen LogP contribution in [0.5, 0.6) is 5.75 Å². The molecule has 37 heavy (non-hydrogen) atoms. The van der Waals surface area contributed by atoms with E-state index in [1.165, 1.54) is 6.20 Å². The van der Waals surface area contributed by atoms with Crippen LogP contribution in [0, 0.1) is 0 Å². The minimum atomic E-state index is -3.72. The van der Waals surface area contributed by atoms with Gasteiger partial charge in [-0.1, -0.05) is 30.3 Å². The number of rotatable bonds is 9. The number of nitrogens with one attached hydrogen (secondary N) is 2. The largest absolute Gasteiger partial charge is 0.489 e. The molecule has 2 atom stereocenters. The third kappa shape index (κ3) is 6.14. The number of aliphatic hydroxyl groups is 1. The number of hydrogen-bond donors (Lipinski definition) is 3. The fourth-order valence-electron chi connectivity index (χ4n) is 4.29. The molecule has 0 fully saturated rings. The van der Waals surface area contributed by atoms with Crippen LogP contribution in [0.25, 0.3) is 11.1 Å². The van der Waals surface area contributed by atoms with Crippen LogP contribution in [-0.4, -0.2) is 42.7 Å². The molecule has 2 unspecified atom stereocenters. The lowest BCUT2D eigenvalue weighted by Gasteiger charge is -2.27. The molecule has 0 radical (unpaired) electrons. The highest BCUT2D eigenvalue weighted by atomic mass is 32.2. The number of hydrogen-bond acceptors (Lipinski definition) is 7. The molecule has 1 aliphatic heterocycles. The van der Waals surface area contributed by atoms with E-state index in [0.717, 1.165) is 40.8 Å². The van der Waals surface area contributed by atoms with Crippen LogP contribution in [0.1, 0.15) is 23.7 Å². The van der Waals surface area contributed by atoms with Crippen molar-refractivity contribution in [2.45, 2.75) is 29.9 Å². The lowest BCUT2D eigenvalue weighted by Crippen LogP contribution is -2.36. The summed E-state index contributed by atoms with van der Waals surface area (Å²) in [6.45, 7) is 1.07. The van der Waals surface area contributed by atoms with Crippen molar-refractivity contribution < 1.29 is 18.3 Å². The van der Waals surface area contributed by atoms with Crippen molar-refractivity contribution in [3.8, 4) is 16.9 Å². The van der Waals surface area contributed by atoms with E-state index in [0.29, 0.717) is 13.1 Å². The number of aliphatic hydroxyl groups excluding tert-OH is 1. The number of anilines is 1. The first-order valence-corrected chi connectivity index (χ1v) is 13.6. The number of nitrogens with zero attached hydrogens (tertiary/aromatic N) is 2. The van der Waals surface area contributed by atoms with Gasteiger partial charge in [0, 0.05) is 37.2 Å². The molecule has 0 spiro atoms. The summed E-state index contributed by atoms with van der Waals surface area (Å²) in [6, 6.07) is 21.6. The standard InChI is InChI=1S/C28H28N4O4S/c33-26(23-4-3-14-29-17-23)19-30-18-24-10-6-22-16-21(9-13-27(22)36-24)20-7-11-25(12-8-20)37(34,35)32-28-5-1-2-15-31-28/h1-5,7-9,11-17,24,26,30,33H,6,10,18-19H2,(H,31,32). The van der Waals surface area contributed by atoms with Crippen molar-refractivity contribution in [3.05, 3.63) is 103 Å². The number of fused-ring (bicyclic) bond motifs is 1. The Labute approximate surface area is 216 Å². The summed E-state index contributed by atoms with van der Waals surface area (Å²) in [5.41, 5.74) is 3.83. The van der Waals surface area contributed by atoms with Crippen LogP contribution >= 0.6 is 0 Å². The Kier molecular flexibility index (Phi) is 7.45. The molecule has 2 aromatic heterocycles. The van der Waals surface area contributed by atoms with Crippen molar-refractivity contribution in [1.82, 2.24) is 15.3 Å². The van der Waals surface area contributed by atoms with Crippen LogP contribution in [-0.2, 0) is 16.4 Å². The minimum Gasteiger partial charge on any atom is -0.489 e. The van der Waals surface area contributed by atoms with Crippen LogP contribution in [0.15, 0.2) is 96.3 Å². The van der Waals surface area contributed by atoms with E-state index in [1.54, 1.807) is 54.9 Å². The monoisotopic (exact) mass is 516 g/mol. The summed E-state index contributed by atoms with van der Waals surface area (Å²) in [5.74, 6) is 1.13. The summed E-state index contributed by atoms with van der Waals surface area (Å²) in [7, 11) is -3.72. The highest BCUT2D eigenvalue weighted by molar-refractivity contribution is 7.92. The number of aryl methyl sites for hydroxylation is 1. The molecular weight excluding hydrogens is 488 g/mol. The predicted octanol–water partition coefficient (Wildman–Crippen LogP) is 3.96. The molecule has 0 bridgehead atoms. The summed E-state index contributed by atoms with van der Waals surface area (Å²) in [5, 5.41) is 13.6. The molecule has 0 aliphatic carbocycles. The zero-order valence-electron chi connectivity index (χ0n) is 20.1. The first-order valence-electron chi connectivity index (χ1n) is 12.1. The Bertz CT molecular complexity index is 1430. The Morgan fingerprint density at radius 3 is 2.59 bits per heavy atom. The SMILES string of the molecule is O=S(=O)(Nc1ccccn1)c1ccc(-c2ccc3c(c2)CCC(CNCC(O)c2cccnc2)O3)cc1. The average Bonchev–Trinajstić information content (AvgIpc) is 2.93. The second-order valence-corrected chi connectivity index (χ2v) is 10.6. The molecule has 9 heteroatoms. The van der Waals surface area contributed by atoms with E-state index in [1.807, 2.05) is 24.3 Å². The third-order valence-electron chi connectivity index (χ3n) is 6.27. The van der Waals surface area contributed by atoms with Crippen LogP contribution in [0.4, 0.5) is 5.82 Å². The molecule has 3 heterocycles. The maximum Gasteiger partial charge on any atom is 0.263 e. The van der Waals surface area contributed by atoms with Gasteiger partial charge in [-0.2, -0.15) is 0 Å². The van der Waals surface area contributed by atoms with Gasteiger partial charge in [-0.3, -0.25) is 9.71 Å². The van der Waals surface area contributed by atoms with Gasteiger partial charge in [0.2, 0.25) is 0 Å². The van der Waals surface area contributed by atoms with Gasteiger partial charge in [-0.05, 0) is 72.0 Å². The first-order chi connectivity index (χ1) is 18.0. The quantitative estimate of drug-likeness (QED) is 0.309. The molecule has 8 nitrogen and oxygen atoms in total. The molecule has 1 aliphatic rings. The van der Waals surface area contributed by atoms with Crippen LogP contribution in [0.3, 0.4) is 0 Å². The maximum atomic E-state index is 12.7. The maximum absolute atomic E-state index is 12.7. The van der Waals surface area contributed by atoms with E-state index >= 15 is 0 Å². The van der Waals surface area contributed by atoms with Gasteiger partial charge in [-0.15, -0.1) is 0 Å². The van der Waals surface area contributed by atoms with Gasteiger partial charge in [0.05, 0.1) is 11.0 Å². The van der Waals surface area contributed by atoms with Crippen molar-refractivity contribution in [3.63, 3.8) is 0 Å². The molecule has 2 aromatic carbocycles. The molecule has 0 amide bonds. The third-order valence-corrected chi connectivity index (χ3v) is 7.64. The highest BCUT2D eigenvalue weighted by Gasteiger charge is 2.21. The lowest BCUT2D eigenvalue weighted by molar-refractivity contribution is 0.146. The van der Waals surface area contributed by atoms with Gasteiger partial charge in [0.25, 0.3) is 10.0 Å². The van der Waals surface area contributed by atoms with Gasteiger partial charge in [0.15, 0.2) is 0 Å². The van der Waals surface area contributed by atoms with E-state index in [-0.39, 0.29) is 16.8 Å². The van der Waals surface area contributed by atoms with E-state index in [4.69, 9.17) is 4.74 Å². The summed E-state index contributed by atoms with van der Waals surface area (Å²) in [6.07, 6.45) is 6.04. The topological polar surface area (TPSA) is 113 Å². The Morgan fingerprint density at radius 1 is 1.00 bits per heavy atom. The average molecular weight is 517 g/mol. The molecule has 5 rings (SSSR count). The van der Waals surface area contributed by atoms with Gasteiger partial charge in [-0.25, -0.2) is 13.4 Å². The number of sulfonamides is 1. The van der Waals surface area contributed by atoms with Crippen molar-refractivity contribution in [2.24, 2.45) is 0 Å². The molecule has 190 valence electrons. The lowest BCUT2D eigenvalue weighted by atomic mass is 9.97. The minimum absolute atomic E-state index is 0.0237. The molecule has 3 N–H and O–H groups in total. The molecule has 0 saturated carbocycles. The predicted molar refractivity (Wildman–Crippen MR) is 142 cm³/mol. The second kappa shape index (κ2) is 11.1. The summed E-state index contributed by atoms with van der Waals surface area (Å²) in [4.78, 5) is 8.23. The Morgan fingerprint density at radius 2 is 1.84 bits per heavy atom. The Hall–Kier alpha value is -3.79. The normalized spacial score (nSPS) is 15.9. The number of aromatic nitrogens is 2. The molecule has 0 saturated heterocycles. The number of pyridine rings is 2. The smallest absolute Gasteiger partial charge is 0.263 e. The first kappa shape index (κ1) is 24.9. The van der Waals surface area contributed by atoms with Gasteiger partial charge >= 0.3 is 0 Å². The van der Waals surface area contributed by atoms with E-state index in [9.17, 15) is 13.5 Å². The van der Waals surface area contributed by atoms with Gasteiger partial charge < -0.3 is 15.2 Å². The van der Waals surface area contributed by atoms with E-state index < -0.39 is 16.1 Å². The van der Waals surface area contributed by atoms with Crippen LogP contribution < -0.4 is 14.8 Å². The summed E-state index contributed by atoms with van der Waals surface area (Å²) >= 11 is 0. The van der Waals surface area contributed by atoms with Crippen molar-refractivity contribution in [2.75, 3.05) is 17.8 Å². The summed E-state index contributed by atoms with van der Waals surface area (Å²) < 4.78 is 34.0. The van der Waals surface area contributed by atoms with Crippen LogP contribution in [0.2, 0.25) is 0 Å². The Balaban J connectivity index is 1.19. The fraction of sp³-hybridized carbons (Fsp3) is 0.214. The van der Waals surface area contributed by atoms with Crippen molar-refractivity contribution >= 4 is 15.8 Å². The zero-order valence-corrected chi connectivity index (χ0v) is 20.9. The number of benzene rings is 2. The number of ether oxygens (including phenoxy) is 1. The zero-order chi connectivity index (χ0) is 25.7. The fourth-order valence-corrected chi connectivity index (χ4v) is 5.29.